The van der Waals surface area contributed by atoms with Gasteiger partial charge in [-0.05, 0) is 24.3 Å². The highest BCUT2D eigenvalue weighted by molar-refractivity contribution is 5.68. The van der Waals surface area contributed by atoms with Gasteiger partial charge in [0, 0.05) is 14.1 Å². The number of nitrogens with zero attached hydrogens (tertiary/aromatic N) is 6. The van der Waals surface area contributed by atoms with Crippen LogP contribution in [0.1, 0.15) is 0 Å². The van der Waals surface area contributed by atoms with Crippen molar-refractivity contribution in [3.05, 3.63) is 30.5 Å². The van der Waals surface area contributed by atoms with Crippen LogP contribution in [0.4, 0.5) is 5.82 Å². The van der Waals surface area contributed by atoms with E-state index in [-0.39, 0.29) is 0 Å². The van der Waals surface area contributed by atoms with Crippen LogP contribution in [-0.2, 0) is 7.05 Å². The number of hydrogen-bond acceptors (Lipinski definition) is 7. The summed E-state index contributed by atoms with van der Waals surface area (Å²) in [7, 11) is 5.12. The molecule has 0 radical (unpaired) electrons. The molecule has 3 heterocycles. The van der Waals surface area contributed by atoms with Crippen LogP contribution in [0.15, 0.2) is 30.5 Å². The first kappa shape index (κ1) is 13.9. The van der Waals surface area contributed by atoms with Crippen LogP contribution in [0.3, 0.4) is 0 Å². The van der Waals surface area contributed by atoms with E-state index in [0.717, 1.165) is 5.56 Å². The van der Waals surface area contributed by atoms with E-state index in [9.17, 15) is 0 Å². The van der Waals surface area contributed by atoms with Crippen molar-refractivity contribution < 1.29 is 4.74 Å². The van der Waals surface area contributed by atoms with E-state index in [0.29, 0.717) is 28.8 Å². The molecule has 0 unspecified atom stereocenters. The molecule has 0 aromatic carbocycles. The van der Waals surface area contributed by atoms with Gasteiger partial charge < -0.3 is 10.1 Å². The second kappa shape index (κ2) is 5.76. The molecule has 0 aliphatic heterocycles. The normalized spacial score (nSPS) is 10.5. The third-order valence-corrected chi connectivity index (χ3v) is 3.11. The van der Waals surface area contributed by atoms with Crippen LogP contribution in [0.2, 0.25) is 0 Å². The smallest absolute Gasteiger partial charge is 0.223 e. The van der Waals surface area contributed by atoms with Gasteiger partial charge in [-0.25, -0.2) is 4.98 Å². The second-order valence-electron chi connectivity index (χ2n) is 4.53. The minimum Gasteiger partial charge on any atom is -0.480 e. The number of aromatic nitrogens is 6. The summed E-state index contributed by atoms with van der Waals surface area (Å²) in [5.41, 5.74) is 2.83. The lowest BCUT2D eigenvalue weighted by Gasteiger charge is -2.07. The fraction of sp³-hybridized carbons (Fsp3) is 0.214. The molecular weight excluding hydrogens is 282 g/mol. The van der Waals surface area contributed by atoms with Gasteiger partial charge >= 0.3 is 0 Å². The molecule has 0 amide bonds. The third-order valence-electron chi connectivity index (χ3n) is 3.11. The van der Waals surface area contributed by atoms with Crippen molar-refractivity contribution in [2.75, 3.05) is 19.5 Å². The van der Waals surface area contributed by atoms with Crippen LogP contribution < -0.4 is 10.1 Å². The number of aryl methyl sites for hydroxylation is 1. The lowest BCUT2D eigenvalue weighted by Crippen LogP contribution is -1.98. The first-order valence-electron chi connectivity index (χ1n) is 6.65. The van der Waals surface area contributed by atoms with Crippen LogP contribution in [0.25, 0.3) is 22.6 Å². The Bertz CT molecular complexity index is 782. The van der Waals surface area contributed by atoms with Crippen molar-refractivity contribution in [1.82, 2.24) is 30.2 Å². The van der Waals surface area contributed by atoms with Crippen molar-refractivity contribution in [3.63, 3.8) is 0 Å². The van der Waals surface area contributed by atoms with Crippen LogP contribution in [0, 0.1) is 0 Å². The highest BCUT2D eigenvalue weighted by atomic mass is 16.5. The van der Waals surface area contributed by atoms with Gasteiger partial charge in [0.05, 0.1) is 24.6 Å². The topological polar surface area (TPSA) is 90.6 Å². The summed E-state index contributed by atoms with van der Waals surface area (Å²) < 4.78 is 5.37. The minimum absolute atomic E-state index is 0.470. The Labute approximate surface area is 127 Å². The lowest BCUT2D eigenvalue weighted by molar-refractivity contribution is 0.400. The van der Waals surface area contributed by atoms with Gasteiger partial charge in [-0.1, -0.05) is 0 Å². The molecular formula is C14H15N7O. The average Bonchev–Trinajstić information content (AvgIpc) is 3.00. The summed E-state index contributed by atoms with van der Waals surface area (Å²) >= 11 is 0. The molecule has 0 fully saturated rings. The molecule has 0 aliphatic carbocycles. The van der Waals surface area contributed by atoms with Crippen LogP contribution in [0.5, 0.6) is 5.88 Å². The Morgan fingerprint density at radius 1 is 1.05 bits per heavy atom. The highest BCUT2D eigenvalue weighted by Gasteiger charge is 2.13. The van der Waals surface area contributed by atoms with Crippen molar-refractivity contribution in [3.8, 4) is 28.5 Å². The molecule has 3 aromatic rings. The summed E-state index contributed by atoms with van der Waals surface area (Å²) in [6.45, 7) is 0. The van der Waals surface area contributed by atoms with E-state index in [1.54, 1.807) is 27.4 Å². The molecule has 0 saturated carbocycles. The largest absolute Gasteiger partial charge is 0.480 e. The van der Waals surface area contributed by atoms with Gasteiger partial charge in [-0.15, -0.1) is 10.2 Å². The maximum atomic E-state index is 5.37. The first-order valence-corrected chi connectivity index (χ1v) is 6.65. The highest BCUT2D eigenvalue weighted by Crippen LogP contribution is 2.29. The number of nitrogens with one attached hydrogen (secondary N) is 1. The van der Waals surface area contributed by atoms with E-state index >= 15 is 0 Å². The molecule has 3 rings (SSSR count). The predicted molar refractivity (Wildman–Crippen MR) is 81.4 cm³/mol. The van der Waals surface area contributed by atoms with Gasteiger partial charge in [0.25, 0.3) is 0 Å². The Hall–Kier alpha value is -3.03. The maximum absolute atomic E-state index is 5.37. The Kier molecular flexibility index (Phi) is 3.65. The van der Waals surface area contributed by atoms with Crippen LogP contribution >= 0.6 is 0 Å². The maximum Gasteiger partial charge on any atom is 0.223 e. The molecule has 0 spiro atoms. The molecule has 8 heteroatoms. The Balaban J connectivity index is 2.00. The number of hydrogen-bond donors (Lipinski definition) is 1. The van der Waals surface area contributed by atoms with Crippen molar-refractivity contribution in [2.24, 2.45) is 7.05 Å². The average molecular weight is 297 g/mol. The summed E-state index contributed by atoms with van der Waals surface area (Å²) in [5.74, 6) is 1.17. The molecule has 1 N–H and O–H groups in total. The van der Waals surface area contributed by atoms with Gasteiger partial charge in [-0.2, -0.15) is 15.0 Å². The number of ether oxygens (including phenoxy) is 1. The number of rotatable bonds is 4. The fourth-order valence-electron chi connectivity index (χ4n) is 2.01. The van der Waals surface area contributed by atoms with Gasteiger partial charge in [0.2, 0.25) is 5.88 Å². The van der Waals surface area contributed by atoms with Gasteiger partial charge in [0.1, 0.15) is 17.2 Å². The monoisotopic (exact) mass is 297 g/mol. The van der Waals surface area contributed by atoms with E-state index in [4.69, 9.17) is 4.74 Å². The minimum atomic E-state index is 0.470. The zero-order valence-corrected chi connectivity index (χ0v) is 12.5. The first-order chi connectivity index (χ1) is 10.7. The van der Waals surface area contributed by atoms with Crippen molar-refractivity contribution >= 4 is 5.82 Å². The fourth-order valence-corrected chi connectivity index (χ4v) is 2.01. The number of methoxy groups -OCH3 is 1. The van der Waals surface area contributed by atoms with E-state index in [2.05, 4.69) is 30.7 Å². The molecule has 8 nitrogen and oxygen atoms in total. The third kappa shape index (κ3) is 2.58. The van der Waals surface area contributed by atoms with E-state index in [1.165, 1.54) is 4.80 Å². The molecule has 0 saturated heterocycles. The zero-order chi connectivity index (χ0) is 15.5. The Morgan fingerprint density at radius 2 is 1.86 bits per heavy atom. The van der Waals surface area contributed by atoms with Gasteiger partial charge in [-0.3, -0.25) is 0 Å². The van der Waals surface area contributed by atoms with E-state index in [1.807, 2.05) is 24.3 Å². The quantitative estimate of drug-likeness (QED) is 0.778. The summed E-state index contributed by atoms with van der Waals surface area (Å²) in [4.78, 5) is 5.97. The number of anilines is 1. The predicted octanol–water partition coefficient (Wildman–Crippen LogP) is 1.38. The summed E-state index contributed by atoms with van der Waals surface area (Å²) in [5, 5.41) is 19.4. The molecule has 112 valence electrons. The van der Waals surface area contributed by atoms with Gasteiger partial charge in [0.15, 0.2) is 0 Å². The SMILES string of the molecule is CNc1ccc(-c2ccc(-c3cnn(C)n3)c(OC)n2)nn1. The standard InChI is InChI=1S/C14H15N7O/c1-15-13-7-6-11(18-19-13)10-5-4-9(14(17-10)22-3)12-8-16-21(2)20-12/h4-8H,1-3H3,(H,15,19). The Morgan fingerprint density at radius 3 is 2.45 bits per heavy atom. The van der Waals surface area contributed by atoms with Crippen molar-refractivity contribution in [2.45, 2.75) is 0 Å². The lowest BCUT2D eigenvalue weighted by atomic mass is 10.1. The molecule has 0 bridgehead atoms. The molecule has 0 atom stereocenters. The second-order valence-corrected chi connectivity index (χ2v) is 4.53. The molecule has 22 heavy (non-hydrogen) atoms. The van der Waals surface area contributed by atoms with E-state index < -0.39 is 0 Å². The molecule has 3 aromatic heterocycles. The summed E-state index contributed by atoms with van der Waals surface area (Å²) in [6.07, 6.45) is 1.67. The van der Waals surface area contributed by atoms with Crippen LogP contribution in [-0.4, -0.2) is 44.3 Å². The molecule has 0 aliphatic rings. The van der Waals surface area contributed by atoms with Crippen molar-refractivity contribution in [1.29, 1.82) is 0 Å². The number of pyridine rings is 1. The zero-order valence-electron chi connectivity index (χ0n) is 12.5. The summed E-state index contributed by atoms with van der Waals surface area (Å²) in [6, 6.07) is 7.43.